The third-order valence-corrected chi connectivity index (χ3v) is 5.12. The zero-order valence-electron chi connectivity index (χ0n) is 18.7. The highest BCUT2D eigenvalue weighted by Crippen LogP contribution is 2.16. The summed E-state index contributed by atoms with van der Waals surface area (Å²) in [6, 6.07) is 13.4. The molecule has 31 heavy (non-hydrogen) atoms. The van der Waals surface area contributed by atoms with Crippen molar-refractivity contribution >= 4 is 11.8 Å². The van der Waals surface area contributed by atoms with Crippen molar-refractivity contribution in [3.63, 3.8) is 0 Å². The van der Waals surface area contributed by atoms with E-state index in [2.05, 4.69) is 5.32 Å². The number of amides is 2. The lowest BCUT2D eigenvalue weighted by atomic mass is 10.1. The van der Waals surface area contributed by atoms with Crippen LogP contribution in [-0.4, -0.2) is 35.9 Å². The maximum Gasteiger partial charge on any atom is 0.242 e. The minimum Gasteiger partial charge on any atom is -0.494 e. The molecule has 6 heteroatoms. The maximum atomic E-state index is 14.2. The van der Waals surface area contributed by atoms with Gasteiger partial charge < -0.3 is 15.0 Å². The molecule has 0 heterocycles. The van der Waals surface area contributed by atoms with E-state index in [4.69, 9.17) is 4.74 Å². The lowest BCUT2D eigenvalue weighted by Gasteiger charge is -2.29. The summed E-state index contributed by atoms with van der Waals surface area (Å²) in [5.74, 6) is -0.0607. The Kier molecular flexibility index (Phi) is 10.0. The molecule has 2 rings (SSSR count). The van der Waals surface area contributed by atoms with Crippen molar-refractivity contribution < 1.29 is 18.7 Å². The molecule has 2 aromatic rings. The molecule has 0 fully saturated rings. The van der Waals surface area contributed by atoms with Gasteiger partial charge in [-0.2, -0.15) is 0 Å². The molecule has 168 valence electrons. The first kappa shape index (κ1) is 24.4. The summed E-state index contributed by atoms with van der Waals surface area (Å²) in [5.41, 5.74) is 1.54. The molecular weight excluding hydrogens is 395 g/mol. The van der Waals surface area contributed by atoms with Crippen molar-refractivity contribution in [3.8, 4) is 5.75 Å². The molecule has 2 amide bonds. The quantitative estimate of drug-likeness (QED) is 0.502. The Labute approximate surface area is 184 Å². The van der Waals surface area contributed by atoms with E-state index >= 15 is 0 Å². The van der Waals surface area contributed by atoms with Crippen molar-refractivity contribution in [1.82, 2.24) is 10.2 Å². The molecule has 5 nitrogen and oxygen atoms in total. The second-order valence-corrected chi connectivity index (χ2v) is 7.70. The van der Waals surface area contributed by atoms with Crippen LogP contribution >= 0.6 is 0 Å². The Morgan fingerprint density at radius 1 is 1.10 bits per heavy atom. The van der Waals surface area contributed by atoms with Crippen molar-refractivity contribution in [2.24, 2.45) is 0 Å². The van der Waals surface area contributed by atoms with Gasteiger partial charge in [0.05, 0.1) is 6.61 Å². The summed E-state index contributed by atoms with van der Waals surface area (Å²) in [7, 11) is 0. The average molecular weight is 429 g/mol. The van der Waals surface area contributed by atoms with Gasteiger partial charge in [0.2, 0.25) is 11.8 Å². The van der Waals surface area contributed by atoms with Crippen LogP contribution in [0.4, 0.5) is 4.39 Å². The van der Waals surface area contributed by atoms with E-state index in [1.165, 1.54) is 11.0 Å². The number of carbonyl (C=O) groups is 2. The minimum absolute atomic E-state index is 0.0483. The van der Waals surface area contributed by atoms with E-state index in [1.807, 2.05) is 38.1 Å². The fourth-order valence-corrected chi connectivity index (χ4v) is 3.12. The fraction of sp³-hybridized carbons (Fsp3) is 0.440. The number of hydrogen-bond donors (Lipinski definition) is 1. The highest BCUT2D eigenvalue weighted by atomic mass is 19.1. The van der Waals surface area contributed by atoms with Crippen LogP contribution < -0.4 is 10.1 Å². The Morgan fingerprint density at radius 3 is 2.48 bits per heavy atom. The lowest BCUT2D eigenvalue weighted by molar-refractivity contribution is -0.140. The molecule has 0 aliphatic rings. The molecule has 0 aliphatic heterocycles. The number of nitrogens with one attached hydrogen (secondary N) is 1. The second-order valence-electron chi connectivity index (χ2n) is 7.70. The second kappa shape index (κ2) is 12.7. The van der Waals surface area contributed by atoms with E-state index in [0.29, 0.717) is 25.1 Å². The monoisotopic (exact) mass is 428 g/mol. The van der Waals surface area contributed by atoms with Crippen LogP contribution in [0, 0.1) is 12.7 Å². The van der Waals surface area contributed by atoms with Crippen LogP contribution in [0.3, 0.4) is 0 Å². The first-order chi connectivity index (χ1) is 14.9. The van der Waals surface area contributed by atoms with Gasteiger partial charge in [-0.3, -0.25) is 9.59 Å². The van der Waals surface area contributed by atoms with Crippen molar-refractivity contribution in [2.45, 2.75) is 59.0 Å². The predicted molar refractivity (Wildman–Crippen MR) is 120 cm³/mol. The largest absolute Gasteiger partial charge is 0.494 e. The molecule has 1 unspecified atom stereocenters. The van der Waals surface area contributed by atoms with Crippen molar-refractivity contribution in [3.05, 3.63) is 65.5 Å². The Balaban J connectivity index is 1.98. The molecule has 0 saturated carbocycles. The van der Waals surface area contributed by atoms with E-state index in [0.717, 1.165) is 24.2 Å². The molecular formula is C25H33FN2O3. The van der Waals surface area contributed by atoms with Crippen LogP contribution in [0.2, 0.25) is 0 Å². The molecule has 0 aliphatic carbocycles. The van der Waals surface area contributed by atoms with Gasteiger partial charge in [0.15, 0.2) is 0 Å². The van der Waals surface area contributed by atoms with E-state index in [1.54, 1.807) is 25.1 Å². The number of ether oxygens (including phenoxy) is 1. The minimum atomic E-state index is -0.693. The third kappa shape index (κ3) is 8.04. The van der Waals surface area contributed by atoms with E-state index < -0.39 is 6.04 Å². The van der Waals surface area contributed by atoms with Gasteiger partial charge in [-0.1, -0.05) is 49.2 Å². The standard InChI is InChI=1S/C25H33FN2O3/c1-4-5-16-27-25(30)20(3)28(18-21-9-6-7-10-23(21)26)24(29)11-8-17-31-22-14-12-19(2)13-15-22/h6-7,9-10,12-15,20H,4-5,8,11,16-18H2,1-3H3,(H,27,30). The summed E-state index contributed by atoms with van der Waals surface area (Å²) >= 11 is 0. The molecule has 0 radical (unpaired) electrons. The summed E-state index contributed by atoms with van der Waals surface area (Å²) in [4.78, 5) is 27.0. The third-order valence-electron chi connectivity index (χ3n) is 5.12. The van der Waals surface area contributed by atoms with Crippen LogP contribution in [-0.2, 0) is 16.1 Å². The summed E-state index contributed by atoms with van der Waals surface area (Å²) in [6.45, 7) is 6.73. The molecule has 0 saturated heterocycles. The van der Waals surface area contributed by atoms with Gasteiger partial charge in [-0.15, -0.1) is 0 Å². The number of aryl methyl sites for hydroxylation is 1. The number of unbranched alkanes of at least 4 members (excludes halogenated alkanes) is 1. The van der Waals surface area contributed by atoms with Gasteiger partial charge >= 0.3 is 0 Å². The van der Waals surface area contributed by atoms with Crippen LogP contribution in [0.1, 0.15) is 50.7 Å². The van der Waals surface area contributed by atoms with Crippen LogP contribution in [0.25, 0.3) is 0 Å². The average Bonchev–Trinajstić information content (AvgIpc) is 2.77. The highest BCUT2D eigenvalue weighted by Gasteiger charge is 2.26. The van der Waals surface area contributed by atoms with E-state index in [9.17, 15) is 14.0 Å². The van der Waals surface area contributed by atoms with Gasteiger partial charge in [0.1, 0.15) is 17.6 Å². The highest BCUT2D eigenvalue weighted by molar-refractivity contribution is 5.87. The SMILES string of the molecule is CCCCNC(=O)C(C)N(Cc1ccccc1F)C(=O)CCCOc1ccc(C)cc1. The first-order valence-electron chi connectivity index (χ1n) is 10.9. The Morgan fingerprint density at radius 2 is 1.81 bits per heavy atom. The smallest absolute Gasteiger partial charge is 0.242 e. The molecule has 0 bridgehead atoms. The van der Waals surface area contributed by atoms with Gasteiger partial charge in [0.25, 0.3) is 0 Å². The van der Waals surface area contributed by atoms with Crippen molar-refractivity contribution in [2.75, 3.05) is 13.2 Å². The van der Waals surface area contributed by atoms with Gasteiger partial charge in [0, 0.05) is 25.1 Å². The Bertz CT molecular complexity index is 839. The normalized spacial score (nSPS) is 11.6. The Hall–Kier alpha value is -2.89. The zero-order chi connectivity index (χ0) is 22.6. The van der Waals surface area contributed by atoms with E-state index in [-0.39, 0.29) is 30.6 Å². The first-order valence-corrected chi connectivity index (χ1v) is 10.9. The van der Waals surface area contributed by atoms with Crippen LogP contribution in [0.5, 0.6) is 5.75 Å². The zero-order valence-corrected chi connectivity index (χ0v) is 18.7. The number of halogens is 1. The molecule has 1 atom stereocenters. The molecule has 0 spiro atoms. The fourth-order valence-electron chi connectivity index (χ4n) is 3.12. The number of benzene rings is 2. The predicted octanol–water partition coefficient (Wildman–Crippen LogP) is 4.63. The number of hydrogen-bond acceptors (Lipinski definition) is 3. The van der Waals surface area contributed by atoms with Crippen LogP contribution in [0.15, 0.2) is 48.5 Å². The topological polar surface area (TPSA) is 58.6 Å². The summed E-state index contributed by atoms with van der Waals surface area (Å²) < 4.78 is 19.9. The molecule has 0 aromatic heterocycles. The van der Waals surface area contributed by atoms with Gasteiger partial charge in [-0.25, -0.2) is 4.39 Å². The lowest BCUT2D eigenvalue weighted by Crippen LogP contribution is -2.47. The maximum absolute atomic E-state index is 14.2. The van der Waals surface area contributed by atoms with Crippen molar-refractivity contribution in [1.29, 1.82) is 0 Å². The summed E-state index contributed by atoms with van der Waals surface area (Å²) in [6.07, 6.45) is 2.56. The number of carbonyl (C=O) groups excluding carboxylic acids is 2. The molecule has 2 aromatic carbocycles. The molecule has 1 N–H and O–H groups in total. The van der Waals surface area contributed by atoms with Gasteiger partial charge in [-0.05, 0) is 44.9 Å². The number of nitrogens with zero attached hydrogens (tertiary/aromatic N) is 1. The summed E-state index contributed by atoms with van der Waals surface area (Å²) in [5, 5.41) is 2.86. The number of rotatable bonds is 12.